The zero-order chi connectivity index (χ0) is 9.10. The van der Waals surface area contributed by atoms with E-state index in [1.807, 2.05) is 18.5 Å². The second-order valence-electron chi connectivity index (χ2n) is 2.92. The number of aliphatic hydroxyl groups excluding tert-OH is 1. The van der Waals surface area contributed by atoms with Crippen LogP contribution in [0, 0.1) is 0 Å². The third-order valence-electron chi connectivity index (χ3n) is 1.92. The number of aromatic nitrogens is 3. The maximum absolute atomic E-state index is 8.66. The number of aliphatic hydroxyl groups is 1. The van der Waals surface area contributed by atoms with Crippen LogP contribution < -0.4 is 0 Å². The Bertz CT molecular complexity index is 396. The van der Waals surface area contributed by atoms with Crippen LogP contribution in [0.3, 0.4) is 0 Å². The largest absolute Gasteiger partial charge is 0.396 e. The molecule has 2 aromatic rings. The van der Waals surface area contributed by atoms with Crippen molar-refractivity contribution in [2.24, 2.45) is 0 Å². The van der Waals surface area contributed by atoms with Crippen molar-refractivity contribution in [3.05, 3.63) is 30.2 Å². The topological polar surface area (TPSA) is 50.4 Å². The zero-order valence-corrected chi connectivity index (χ0v) is 7.22. The van der Waals surface area contributed by atoms with Gasteiger partial charge in [0.05, 0.1) is 6.20 Å². The first-order valence-electron chi connectivity index (χ1n) is 4.29. The van der Waals surface area contributed by atoms with Crippen molar-refractivity contribution < 1.29 is 5.11 Å². The highest BCUT2D eigenvalue weighted by molar-refractivity contribution is 5.35. The zero-order valence-electron chi connectivity index (χ0n) is 7.22. The first-order chi connectivity index (χ1) is 6.40. The smallest absolute Gasteiger partial charge is 0.154 e. The second-order valence-corrected chi connectivity index (χ2v) is 2.92. The maximum Gasteiger partial charge on any atom is 0.154 e. The van der Waals surface area contributed by atoms with Gasteiger partial charge < -0.3 is 5.11 Å². The number of aryl methyl sites for hydroxylation is 1. The quantitative estimate of drug-likeness (QED) is 0.749. The lowest BCUT2D eigenvalue weighted by Crippen LogP contribution is -1.95. The SMILES string of the molecule is OCCCc1cnc2ccnn2c1. The summed E-state index contributed by atoms with van der Waals surface area (Å²) >= 11 is 0. The second kappa shape index (κ2) is 3.53. The maximum atomic E-state index is 8.66. The molecular weight excluding hydrogens is 166 g/mol. The first kappa shape index (κ1) is 8.19. The van der Waals surface area contributed by atoms with Crippen LogP contribution >= 0.6 is 0 Å². The summed E-state index contributed by atoms with van der Waals surface area (Å²) in [7, 11) is 0. The summed E-state index contributed by atoms with van der Waals surface area (Å²) in [5.74, 6) is 0. The Morgan fingerprint density at radius 2 is 2.38 bits per heavy atom. The van der Waals surface area contributed by atoms with Crippen LogP contribution in [0.1, 0.15) is 12.0 Å². The van der Waals surface area contributed by atoms with E-state index in [4.69, 9.17) is 5.11 Å². The molecule has 0 radical (unpaired) electrons. The molecule has 2 aromatic heterocycles. The molecule has 1 N–H and O–H groups in total. The van der Waals surface area contributed by atoms with Gasteiger partial charge in [0.25, 0.3) is 0 Å². The molecule has 0 amide bonds. The van der Waals surface area contributed by atoms with Crippen molar-refractivity contribution in [3.63, 3.8) is 0 Å². The molecule has 0 spiro atoms. The predicted molar refractivity (Wildman–Crippen MR) is 48.4 cm³/mol. The fourth-order valence-corrected chi connectivity index (χ4v) is 1.26. The summed E-state index contributed by atoms with van der Waals surface area (Å²) < 4.78 is 1.74. The molecule has 13 heavy (non-hydrogen) atoms. The van der Waals surface area contributed by atoms with Crippen molar-refractivity contribution in [2.45, 2.75) is 12.8 Å². The summed E-state index contributed by atoms with van der Waals surface area (Å²) in [6.07, 6.45) is 7.11. The predicted octanol–water partition coefficient (Wildman–Crippen LogP) is 0.654. The summed E-state index contributed by atoms with van der Waals surface area (Å²) in [5, 5.41) is 12.7. The van der Waals surface area contributed by atoms with Crippen LogP contribution in [0.4, 0.5) is 0 Å². The fourth-order valence-electron chi connectivity index (χ4n) is 1.26. The Kier molecular flexibility index (Phi) is 2.23. The van der Waals surface area contributed by atoms with Crippen molar-refractivity contribution in [1.29, 1.82) is 0 Å². The summed E-state index contributed by atoms with van der Waals surface area (Å²) in [5.41, 5.74) is 1.96. The minimum atomic E-state index is 0.219. The van der Waals surface area contributed by atoms with Crippen LogP contribution in [0.2, 0.25) is 0 Å². The van der Waals surface area contributed by atoms with E-state index in [0.29, 0.717) is 0 Å². The molecule has 4 nitrogen and oxygen atoms in total. The van der Waals surface area contributed by atoms with Crippen molar-refractivity contribution >= 4 is 5.65 Å². The molecule has 0 aliphatic carbocycles. The van der Waals surface area contributed by atoms with Crippen molar-refractivity contribution in [2.75, 3.05) is 6.61 Å². The van der Waals surface area contributed by atoms with Crippen LogP contribution in [-0.2, 0) is 6.42 Å². The Balaban J connectivity index is 2.26. The number of fused-ring (bicyclic) bond motifs is 1. The molecule has 2 heterocycles. The van der Waals surface area contributed by atoms with Crippen molar-refractivity contribution in [1.82, 2.24) is 14.6 Å². The van der Waals surface area contributed by atoms with Gasteiger partial charge in [-0.1, -0.05) is 0 Å². The van der Waals surface area contributed by atoms with E-state index in [2.05, 4.69) is 10.1 Å². The molecule has 0 saturated carbocycles. The third-order valence-corrected chi connectivity index (χ3v) is 1.92. The van der Waals surface area contributed by atoms with Crippen molar-refractivity contribution in [3.8, 4) is 0 Å². The average molecular weight is 177 g/mol. The number of hydrogen-bond donors (Lipinski definition) is 1. The molecule has 0 unspecified atom stereocenters. The normalized spacial score (nSPS) is 10.8. The average Bonchev–Trinajstić information content (AvgIpc) is 2.61. The van der Waals surface area contributed by atoms with E-state index in [0.717, 1.165) is 24.1 Å². The Hall–Kier alpha value is -1.42. The van der Waals surface area contributed by atoms with Gasteiger partial charge in [-0.15, -0.1) is 0 Å². The molecule has 0 aliphatic heterocycles. The van der Waals surface area contributed by atoms with E-state index in [1.165, 1.54) is 0 Å². The van der Waals surface area contributed by atoms with E-state index >= 15 is 0 Å². The molecule has 0 aromatic carbocycles. The summed E-state index contributed by atoms with van der Waals surface area (Å²) in [4.78, 5) is 4.21. The minimum Gasteiger partial charge on any atom is -0.396 e. The lowest BCUT2D eigenvalue weighted by atomic mass is 10.2. The highest BCUT2D eigenvalue weighted by atomic mass is 16.2. The Morgan fingerprint density at radius 3 is 3.23 bits per heavy atom. The Morgan fingerprint density at radius 1 is 1.46 bits per heavy atom. The lowest BCUT2D eigenvalue weighted by Gasteiger charge is -1.99. The molecule has 0 fully saturated rings. The Labute approximate surface area is 75.8 Å². The monoisotopic (exact) mass is 177 g/mol. The van der Waals surface area contributed by atoms with Crippen LogP contribution in [0.15, 0.2) is 24.7 Å². The fraction of sp³-hybridized carbons (Fsp3) is 0.333. The van der Waals surface area contributed by atoms with Gasteiger partial charge in [0.15, 0.2) is 5.65 Å². The summed E-state index contributed by atoms with van der Waals surface area (Å²) in [6, 6.07) is 1.86. The molecular formula is C9H11N3O. The molecule has 4 heteroatoms. The third kappa shape index (κ3) is 1.67. The molecule has 0 saturated heterocycles. The van der Waals surface area contributed by atoms with E-state index < -0.39 is 0 Å². The molecule has 2 rings (SSSR count). The van der Waals surface area contributed by atoms with Gasteiger partial charge in [0.1, 0.15) is 0 Å². The molecule has 0 atom stereocenters. The molecule has 68 valence electrons. The number of nitrogens with zero attached hydrogens (tertiary/aromatic N) is 3. The molecule has 0 bridgehead atoms. The van der Waals surface area contributed by atoms with Crippen LogP contribution in [0.5, 0.6) is 0 Å². The van der Waals surface area contributed by atoms with Crippen LogP contribution in [0.25, 0.3) is 5.65 Å². The van der Waals surface area contributed by atoms with Gasteiger partial charge in [-0.3, -0.25) is 0 Å². The van der Waals surface area contributed by atoms with Gasteiger partial charge >= 0.3 is 0 Å². The van der Waals surface area contributed by atoms with E-state index in [1.54, 1.807) is 10.7 Å². The highest BCUT2D eigenvalue weighted by Crippen LogP contribution is 2.03. The number of hydrogen-bond acceptors (Lipinski definition) is 3. The van der Waals surface area contributed by atoms with Crippen LogP contribution in [-0.4, -0.2) is 26.3 Å². The lowest BCUT2D eigenvalue weighted by molar-refractivity contribution is 0.288. The van der Waals surface area contributed by atoms with Gasteiger partial charge in [0, 0.05) is 25.1 Å². The number of rotatable bonds is 3. The minimum absolute atomic E-state index is 0.219. The standard InChI is InChI=1S/C9H11N3O/c13-5-1-2-8-6-10-9-3-4-11-12(9)7-8/h3-4,6-7,13H,1-2,5H2. The van der Waals surface area contributed by atoms with Gasteiger partial charge in [-0.25, -0.2) is 9.50 Å². The highest BCUT2D eigenvalue weighted by Gasteiger charge is 1.97. The van der Waals surface area contributed by atoms with Gasteiger partial charge in [-0.2, -0.15) is 5.10 Å². The summed E-state index contributed by atoms with van der Waals surface area (Å²) in [6.45, 7) is 0.219. The first-order valence-corrected chi connectivity index (χ1v) is 4.29. The van der Waals surface area contributed by atoms with Gasteiger partial charge in [-0.05, 0) is 18.4 Å². The van der Waals surface area contributed by atoms with Gasteiger partial charge in [0.2, 0.25) is 0 Å². The molecule has 0 aliphatic rings. The van der Waals surface area contributed by atoms with E-state index in [-0.39, 0.29) is 6.61 Å². The van der Waals surface area contributed by atoms with E-state index in [9.17, 15) is 0 Å².